The van der Waals surface area contributed by atoms with Crippen LogP contribution in [0, 0.1) is 5.82 Å². The van der Waals surface area contributed by atoms with E-state index in [9.17, 15) is 4.39 Å². The van der Waals surface area contributed by atoms with Crippen molar-refractivity contribution in [3.63, 3.8) is 0 Å². The van der Waals surface area contributed by atoms with Gasteiger partial charge in [0.2, 0.25) is 0 Å². The van der Waals surface area contributed by atoms with Crippen molar-refractivity contribution >= 4 is 18.2 Å². The molecule has 2 aromatic heterocycles. The van der Waals surface area contributed by atoms with Crippen LogP contribution in [0.4, 0.5) is 10.2 Å². The first-order valence-corrected chi connectivity index (χ1v) is 9.54. The molecule has 1 aromatic carbocycles. The Hall–Kier alpha value is -2.48. The fourth-order valence-corrected chi connectivity index (χ4v) is 3.63. The van der Waals surface area contributed by atoms with Crippen molar-refractivity contribution in [2.75, 3.05) is 37.7 Å². The van der Waals surface area contributed by atoms with Crippen molar-refractivity contribution in [3.05, 3.63) is 66.4 Å². The Kier molecular flexibility index (Phi) is 7.19. The molecule has 0 atom stereocenters. The third-order valence-corrected chi connectivity index (χ3v) is 5.04. The largest absolute Gasteiger partial charge is 0.394 e. The number of aromatic nitrogens is 3. The number of pyridine rings is 1. The van der Waals surface area contributed by atoms with E-state index in [-0.39, 0.29) is 24.8 Å². The van der Waals surface area contributed by atoms with Crippen LogP contribution in [0.1, 0.15) is 5.56 Å². The van der Waals surface area contributed by atoms with Crippen LogP contribution in [-0.4, -0.2) is 57.6 Å². The summed E-state index contributed by atoms with van der Waals surface area (Å²) in [7, 11) is 0. The van der Waals surface area contributed by atoms with Gasteiger partial charge in [0, 0.05) is 61.8 Å². The Morgan fingerprint density at radius 2 is 1.76 bits per heavy atom. The minimum absolute atomic E-state index is 0. The molecular formula is C21H25ClFN5O. The first-order chi connectivity index (χ1) is 13.7. The van der Waals surface area contributed by atoms with Gasteiger partial charge in [-0.1, -0.05) is 18.2 Å². The van der Waals surface area contributed by atoms with E-state index in [1.54, 1.807) is 23.0 Å². The topological polar surface area (TPSA) is 57.4 Å². The number of nitrogens with zero attached hydrogens (tertiary/aromatic N) is 5. The molecule has 0 radical (unpaired) electrons. The molecule has 1 saturated heterocycles. The highest BCUT2D eigenvalue weighted by Crippen LogP contribution is 2.31. The molecule has 3 aromatic rings. The molecular weight excluding hydrogens is 393 g/mol. The predicted molar refractivity (Wildman–Crippen MR) is 114 cm³/mol. The quantitative estimate of drug-likeness (QED) is 0.668. The summed E-state index contributed by atoms with van der Waals surface area (Å²) < 4.78 is 16.1. The molecule has 0 amide bonds. The van der Waals surface area contributed by atoms with Gasteiger partial charge in [-0.2, -0.15) is 5.10 Å². The molecule has 0 bridgehead atoms. The molecule has 1 N–H and O–H groups in total. The number of hydrogen-bond acceptors (Lipinski definition) is 5. The van der Waals surface area contributed by atoms with E-state index in [4.69, 9.17) is 5.11 Å². The molecule has 154 valence electrons. The van der Waals surface area contributed by atoms with Crippen LogP contribution in [0.2, 0.25) is 0 Å². The second kappa shape index (κ2) is 9.82. The zero-order chi connectivity index (χ0) is 19.3. The summed E-state index contributed by atoms with van der Waals surface area (Å²) in [5.41, 5.74) is 2.57. The maximum Gasteiger partial charge on any atom is 0.136 e. The van der Waals surface area contributed by atoms with Crippen molar-refractivity contribution in [1.82, 2.24) is 19.7 Å². The number of benzene rings is 1. The molecule has 1 aliphatic heterocycles. The van der Waals surface area contributed by atoms with Crippen LogP contribution in [0.5, 0.6) is 0 Å². The predicted octanol–water partition coefficient (Wildman–Crippen LogP) is 2.82. The zero-order valence-electron chi connectivity index (χ0n) is 16.1. The van der Waals surface area contributed by atoms with Crippen LogP contribution < -0.4 is 4.90 Å². The van der Waals surface area contributed by atoms with E-state index in [1.165, 1.54) is 6.07 Å². The summed E-state index contributed by atoms with van der Waals surface area (Å²) >= 11 is 0. The lowest BCUT2D eigenvalue weighted by Gasteiger charge is -2.36. The third-order valence-electron chi connectivity index (χ3n) is 5.04. The fraction of sp³-hybridized carbons (Fsp3) is 0.333. The van der Waals surface area contributed by atoms with E-state index in [0.29, 0.717) is 12.1 Å². The highest BCUT2D eigenvalue weighted by Gasteiger charge is 2.21. The zero-order valence-corrected chi connectivity index (χ0v) is 16.9. The van der Waals surface area contributed by atoms with Crippen molar-refractivity contribution in [1.29, 1.82) is 0 Å². The van der Waals surface area contributed by atoms with Crippen molar-refractivity contribution in [3.8, 4) is 11.1 Å². The minimum atomic E-state index is -0.227. The fourth-order valence-electron chi connectivity index (χ4n) is 3.63. The number of hydrogen-bond donors (Lipinski definition) is 1. The summed E-state index contributed by atoms with van der Waals surface area (Å²) in [6, 6.07) is 10.6. The number of halogens is 2. The first kappa shape index (κ1) is 21.2. The van der Waals surface area contributed by atoms with Crippen LogP contribution in [0.3, 0.4) is 0 Å². The monoisotopic (exact) mass is 417 g/mol. The van der Waals surface area contributed by atoms with Crippen molar-refractivity contribution in [2.45, 2.75) is 13.1 Å². The van der Waals surface area contributed by atoms with Gasteiger partial charge in [0.1, 0.15) is 11.6 Å². The van der Waals surface area contributed by atoms with E-state index >= 15 is 0 Å². The van der Waals surface area contributed by atoms with Gasteiger partial charge in [0.25, 0.3) is 0 Å². The van der Waals surface area contributed by atoms with E-state index in [1.807, 2.05) is 30.6 Å². The Morgan fingerprint density at radius 3 is 2.52 bits per heavy atom. The van der Waals surface area contributed by atoms with Gasteiger partial charge in [0.15, 0.2) is 0 Å². The lowest BCUT2D eigenvalue weighted by molar-refractivity contribution is 0.249. The van der Waals surface area contributed by atoms with E-state index in [2.05, 4.69) is 19.9 Å². The number of aliphatic hydroxyl groups excluding tert-OH is 1. The SMILES string of the molecule is Cl.OCCn1cc(CN2CCN(c3ncccc3-c3ccccc3F)CC2)cn1. The first-order valence-electron chi connectivity index (χ1n) is 9.54. The summed E-state index contributed by atoms with van der Waals surface area (Å²) in [5.74, 6) is 0.610. The molecule has 8 heteroatoms. The normalized spacial score (nSPS) is 14.6. The standard InChI is InChI=1S/C21H24FN5O.ClH/c22-20-6-2-1-4-18(20)19-5-3-7-23-21(19)26-10-8-25(9-11-26)15-17-14-24-27(16-17)12-13-28;/h1-7,14,16,28H,8-13,15H2;1H. The number of rotatable bonds is 6. The van der Waals surface area contributed by atoms with Gasteiger partial charge >= 0.3 is 0 Å². The summed E-state index contributed by atoms with van der Waals surface area (Å²) in [6.07, 6.45) is 5.61. The number of anilines is 1. The molecule has 1 aliphatic rings. The maximum absolute atomic E-state index is 14.3. The number of aliphatic hydroxyl groups is 1. The maximum atomic E-state index is 14.3. The average molecular weight is 418 g/mol. The third kappa shape index (κ3) is 4.93. The van der Waals surface area contributed by atoms with Crippen LogP contribution in [-0.2, 0) is 13.1 Å². The van der Waals surface area contributed by atoms with Gasteiger partial charge in [-0.3, -0.25) is 9.58 Å². The van der Waals surface area contributed by atoms with Crippen LogP contribution in [0.25, 0.3) is 11.1 Å². The molecule has 6 nitrogen and oxygen atoms in total. The number of piperazine rings is 1. The molecule has 4 rings (SSSR count). The van der Waals surface area contributed by atoms with Crippen LogP contribution in [0.15, 0.2) is 55.0 Å². The lowest BCUT2D eigenvalue weighted by atomic mass is 10.1. The summed E-state index contributed by atoms with van der Waals surface area (Å²) in [5, 5.41) is 13.3. The molecule has 0 unspecified atom stereocenters. The highest BCUT2D eigenvalue weighted by atomic mass is 35.5. The van der Waals surface area contributed by atoms with Gasteiger partial charge < -0.3 is 10.0 Å². The van der Waals surface area contributed by atoms with E-state index in [0.717, 1.165) is 49.7 Å². The second-order valence-corrected chi connectivity index (χ2v) is 6.95. The molecule has 0 aliphatic carbocycles. The molecule has 1 fully saturated rings. The summed E-state index contributed by atoms with van der Waals surface area (Å²) in [6.45, 7) is 4.92. The van der Waals surface area contributed by atoms with Crippen LogP contribution >= 0.6 is 12.4 Å². The van der Waals surface area contributed by atoms with Gasteiger partial charge in [-0.15, -0.1) is 12.4 Å². The Balaban J connectivity index is 0.00000240. The lowest BCUT2D eigenvalue weighted by Crippen LogP contribution is -2.46. The minimum Gasteiger partial charge on any atom is -0.394 e. The molecule has 29 heavy (non-hydrogen) atoms. The second-order valence-electron chi connectivity index (χ2n) is 6.95. The van der Waals surface area contributed by atoms with Gasteiger partial charge in [0.05, 0.1) is 19.3 Å². The van der Waals surface area contributed by atoms with Crippen molar-refractivity contribution < 1.29 is 9.50 Å². The van der Waals surface area contributed by atoms with Gasteiger partial charge in [-0.05, 0) is 18.2 Å². The molecule has 0 saturated carbocycles. The smallest absolute Gasteiger partial charge is 0.136 e. The van der Waals surface area contributed by atoms with Gasteiger partial charge in [-0.25, -0.2) is 9.37 Å². The Bertz CT molecular complexity index is 927. The Morgan fingerprint density at radius 1 is 1.00 bits per heavy atom. The summed E-state index contributed by atoms with van der Waals surface area (Å²) in [4.78, 5) is 9.16. The van der Waals surface area contributed by atoms with Crippen molar-refractivity contribution in [2.24, 2.45) is 0 Å². The van der Waals surface area contributed by atoms with E-state index < -0.39 is 0 Å². The average Bonchev–Trinajstić information content (AvgIpc) is 3.16. The molecule has 0 spiro atoms. The highest BCUT2D eigenvalue weighted by molar-refractivity contribution is 5.85. The molecule has 3 heterocycles. The Labute approximate surface area is 176 Å².